The van der Waals surface area contributed by atoms with Gasteiger partial charge in [-0.05, 0) is 25.7 Å². The Balaban J connectivity index is 1.49. The molecule has 0 spiro atoms. The monoisotopic (exact) mass is 522 g/mol. The molecule has 0 amide bonds. The van der Waals surface area contributed by atoms with Gasteiger partial charge in [-0.2, -0.15) is 0 Å². The Kier molecular flexibility index (Phi) is 8.83. The molecule has 0 heterocycles. The van der Waals surface area contributed by atoms with Gasteiger partial charge in [0.05, 0.1) is 6.10 Å². The van der Waals surface area contributed by atoms with Gasteiger partial charge >= 0.3 is 146 Å². The molecule has 2 heteroatoms. The summed E-state index contributed by atoms with van der Waals surface area (Å²) < 4.78 is 0. The van der Waals surface area contributed by atoms with Gasteiger partial charge < -0.3 is 5.11 Å². The van der Waals surface area contributed by atoms with E-state index < -0.39 is 0 Å². The van der Waals surface area contributed by atoms with Crippen molar-refractivity contribution in [1.29, 1.82) is 0 Å². The molecule has 3 fully saturated rings. The van der Waals surface area contributed by atoms with Gasteiger partial charge in [0.2, 0.25) is 0 Å². The average Bonchev–Trinajstić information content (AvgIpc) is 3.16. The Morgan fingerprint density at radius 1 is 1.03 bits per heavy atom. The summed E-state index contributed by atoms with van der Waals surface area (Å²) in [5, 5.41) is 11.8. The molecular formula is C31H54OSe. The number of aliphatic hydroxyl groups excluding tert-OH is 1. The van der Waals surface area contributed by atoms with Crippen LogP contribution in [0.15, 0.2) is 11.6 Å². The van der Waals surface area contributed by atoms with Crippen LogP contribution in [0.25, 0.3) is 0 Å². The van der Waals surface area contributed by atoms with Crippen molar-refractivity contribution in [2.75, 3.05) is 0 Å². The van der Waals surface area contributed by atoms with Gasteiger partial charge in [0.25, 0.3) is 0 Å². The molecule has 3 saturated carbocycles. The number of hydrogen-bond donors (Lipinski definition) is 1. The summed E-state index contributed by atoms with van der Waals surface area (Å²) in [6.07, 6.45) is 22.9. The van der Waals surface area contributed by atoms with Crippen molar-refractivity contribution in [2.24, 2.45) is 46.3 Å². The van der Waals surface area contributed by atoms with E-state index in [1.54, 1.807) is 5.57 Å². The number of hydrogen-bond acceptors (Lipinski definition) is 1. The molecule has 0 bridgehead atoms. The Bertz CT molecular complexity index is 672. The number of aliphatic hydroxyl groups is 1. The zero-order chi connectivity index (χ0) is 23.6. The molecule has 9 atom stereocenters. The van der Waals surface area contributed by atoms with Crippen LogP contribution in [0, 0.1) is 46.3 Å². The van der Waals surface area contributed by atoms with Crippen LogP contribution in [0.2, 0.25) is 5.32 Å². The fraction of sp³-hybridized carbons (Fsp3) is 0.935. The van der Waals surface area contributed by atoms with E-state index in [0.717, 1.165) is 48.3 Å². The predicted molar refractivity (Wildman–Crippen MR) is 144 cm³/mol. The third kappa shape index (κ3) is 5.06. The molecule has 1 nitrogen and oxygen atoms in total. The summed E-state index contributed by atoms with van der Waals surface area (Å²) in [6, 6.07) is 0. The van der Waals surface area contributed by atoms with Gasteiger partial charge in [-0.15, -0.1) is 0 Å². The molecule has 33 heavy (non-hydrogen) atoms. The molecule has 4 aliphatic rings. The molecule has 4 rings (SSSR count). The third-order valence-corrected chi connectivity index (χ3v) is 12.8. The quantitative estimate of drug-likeness (QED) is 0.174. The first-order valence-electron chi connectivity index (χ1n) is 14.8. The Hall–Kier alpha value is 0.219. The van der Waals surface area contributed by atoms with E-state index in [9.17, 15) is 5.11 Å². The molecule has 0 aromatic carbocycles. The summed E-state index contributed by atoms with van der Waals surface area (Å²) in [4.78, 5) is 0. The normalized spacial score (nSPS) is 42.1. The van der Waals surface area contributed by atoms with Gasteiger partial charge in [0.15, 0.2) is 0 Å². The van der Waals surface area contributed by atoms with Gasteiger partial charge in [0.1, 0.15) is 0 Å². The molecule has 0 aromatic rings. The molecule has 0 radical (unpaired) electrons. The maximum absolute atomic E-state index is 10.5. The SMILES string of the molecule is CCCCC[C@]12CC[C@H](O)CC1=CC[C@@H]1[C@@H]2CC[C@]2(C)[C@@H]([C@H](C)CCCC(C)C[SeH])CC[C@@H]12. The van der Waals surface area contributed by atoms with Crippen molar-refractivity contribution >= 4 is 16.0 Å². The minimum atomic E-state index is -0.0768. The van der Waals surface area contributed by atoms with E-state index in [1.165, 1.54) is 88.8 Å². The molecule has 4 aliphatic carbocycles. The van der Waals surface area contributed by atoms with E-state index in [2.05, 4.69) is 49.8 Å². The van der Waals surface area contributed by atoms with Gasteiger partial charge in [-0.25, -0.2) is 0 Å². The van der Waals surface area contributed by atoms with Crippen LogP contribution in [-0.2, 0) is 0 Å². The predicted octanol–water partition coefficient (Wildman–Crippen LogP) is 8.25. The van der Waals surface area contributed by atoms with Crippen LogP contribution in [0.1, 0.15) is 124 Å². The first-order valence-corrected chi connectivity index (χ1v) is 16.2. The first-order chi connectivity index (χ1) is 15.9. The van der Waals surface area contributed by atoms with E-state index in [1.807, 2.05) is 0 Å². The van der Waals surface area contributed by atoms with Crippen LogP contribution in [0.4, 0.5) is 0 Å². The number of fused-ring (bicyclic) bond motifs is 5. The first kappa shape index (κ1) is 26.3. The van der Waals surface area contributed by atoms with Crippen LogP contribution in [0.5, 0.6) is 0 Å². The van der Waals surface area contributed by atoms with E-state index >= 15 is 0 Å². The van der Waals surface area contributed by atoms with Crippen molar-refractivity contribution in [2.45, 2.75) is 135 Å². The van der Waals surface area contributed by atoms with Crippen LogP contribution >= 0.6 is 0 Å². The summed E-state index contributed by atoms with van der Waals surface area (Å²) in [5.41, 5.74) is 2.71. The second-order valence-electron chi connectivity index (χ2n) is 13.3. The Morgan fingerprint density at radius 3 is 2.61 bits per heavy atom. The van der Waals surface area contributed by atoms with Crippen molar-refractivity contribution in [3.63, 3.8) is 0 Å². The fourth-order valence-corrected chi connectivity index (χ4v) is 10.0. The fourth-order valence-electron chi connectivity index (χ4n) is 9.65. The van der Waals surface area contributed by atoms with Crippen molar-refractivity contribution in [3.8, 4) is 0 Å². The number of rotatable bonds is 10. The van der Waals surface area contributed by atoms with Crippen LogP contribution < -0.4 is 0 Å². The number of allylic oxidation sites excluding steroid dienone is 1. The second kappa shape index (κ2) is 11.1. The van der Waals surface area contributed by atoms with Crippen LogP contribution in [0.3, 0.4) is 0 Å². The summed E-state index contributed by atoms with van der Waals surface area (Å²) in [6.45, 7) is 10.1. The average molecular weight is 522 g/mol. The van der Waals surface area contributed by atoms with E-state index in [0.29, 0.717) is 10.8 Å². The molecule has 0 aliphatic heterocycles. The topological polar surface area (TPSA) is 20.2 Å². The van der Waals surface area contributed by atoms with Crippen molar-refractivity contribution < 1.29 is 5.11 Å². The van der Waals surface area contributed by atoms with Gasteiger partial charge in [-0.1, -0.05) is 31.8 Å². The van der Waals surface area contributed by atoms with Gasteiger partial charge in [0, 0.05) is 0 Å². The van der Waals surface area contributed by atoms with Crippen molar-refractivity contribution in [1.82, 2.24) is 0 Å². The minimum absolute atomic E-state index is 0.0768. The standard InChI is InChI=1S/C31H54OSe/c1-5-6-7-17-31-19-15-25(32)20-24(31)11-12-26-28-14-13-27(30(28,4)18-16-29(26)31)23(3)10-8-9-22(2)21-33/h11,22-23,25-29,32-33H,5-10,12-21H2,1-4H3/t22?,23-,25+,26+,27-,28+,29+,30-,31+/m1/s1. The third-order valence-electron chi connectivity index (χ3n) is 11.5. The zero-order valence-electron chi connectivity index (χ0n) is 22.3. The molecule has 190 valence electrons. The van der Waals surface area contributed by atoms with Gasteiger partial charge in [-0.3, -0.25) is 0 Å². The molecule has 1 N–H and O–H groups in total. The molecule has 0 aromatic heterocycles. The van der Waals surface area contributed by atoms with Crippen LogP contribution in [-0.4, -0.2) is 27.2 Å². The second-order valence-corrected chi connectivity index (χ2v) is 14.0. The number of unbranched alkanes of at least 4 members (excludes halogenated alkanes) is 2. The molecule has 0 saturated heterocycles. The van der Waals surface area contributed by atoms with E-state index in [-0.39, 0.29) is 6.10 Å². The van der Waals surface area contributed by atoms with Crippen molar-refractivity contribution in [3.05, 3.63) is 11.6 Å². The Morgan fingerprint density at radius 2 is 1.85 bits per heavy atom. The molecule has 1 unspecified atom stereocenters. The van der Waals surface area contributed by atoms with E-state index in [4.69, 9.17) is 0 Å². The summed E-state index contributed by atoms with van der Waals surface area (Å²) in [5.74, 6) is 5.49. The summed E-state index contributed by atoms with van der Waals surface area (Å²) in [7, 11) is 0. The Labute approximate surface area is 214 Å². The summed E-state index contributed by atoms with van der Waals surface area (Å²) >= 11 is 2.79. The zero-order valence-corrected chi connectivity index (χ0v) is 24.2. The molecular weight excluding hydrogens is 467 g/mol. The maximum atomic E-state index is 10.5.